The molecule has 0 spiro atoms. The zero-order chi connectivity index (χ0) is 15.9. The topological polar surface area (TPSA) is 57.7 Å². The molecule has 120 valence electrons. The van der Waals surface area contributed by atoms with Gasteiger partial charge in [0.05, 0.1) is 10.8 Å². The lowest BCUT2D eigenvalue weighted by atomic mass is 10.2. The number of benzene rings is 1. The standard InChI is InChI=1S/C15H20N2O3S2/c1-11-3-7-13(8-4-11)22(19,20)17-10-21-9-14(17)15(18)16(2)12-5-6-12/h3-4,7-8,12,14H,5-6,9-10H2,1-2H3/t14-/m1/s1. The first-order valence-electron chi connectivity index (χ1n) is 7.34. The molecule has 0 N–H and O–H groups in total. The van der Waals surface area contributed by atoms with Crippen LogP contribution in [0.25, 0.3) is 0 Å². The lowest BCUT2D eigenvalue weighted by Crippen LogP contribution is -2.48. The van der Waals surface area contributed by atoms with Crippen molar-refractivity contribution in [3.8, 4) is 0 Å². The first kappa shape index (κ1) is 15.8. The molecule has 2 fully saturated rings. The summed E-state index contributed by atoms with van der Waals surface area (Å²) < 4.78 is 27.0. The van der Waals surface area contributed by atoms with E-state index < -0.39 is 16.1 Å². The summed E-state index contributed by atoms with van der Waals surface area (Å²) in [5, 5.41) is 0. The van der Waals surface area contributed by atoms with Crippen LogP contribution in [-0.2, 0) is 14.8 Å². The number of hydrogen-bond acceptors (Lipinski definition) is 4. The molecular weight excluding hydrogens is 320 g/mol. The van der Waals surface area contributed by atoms with Crippen LogP contribution in [0.1, 0.15) is 18.4 Å². The molecule has 5 nitrogen and oxygen atoms in total. The van der Waals surface area contributed by atoms with Crippen LogP contribution in [0.3, 0.4) is 0 Å². The Bertz CT molecular complexity index is 669. The number of amides is 1. The summed E-state index contributed by atoms with van der Waals surface area (Å²) in [4.78, 5) is 14.5. The van der Waals surface area contributed by atoms with Crippen LogP contribution in [0.5, 0.6) is 0 Å². The molecule has 0 radical (unpaired) electrons. The fourth-order valence-corrected chi connectivity index (χ4v) is 5.72. The van der Waals surface area contributed by atoms with Crippen LogP contribution in [0.15, 0.2) is 29.2 Å². The molecule has 1 aliphatic heterocycles. The van der Waals surface area contributed by atoms with Gasteiger partial charge in [0.1, 0.15) is 6.04 Å². The normalized spacial score (nSPS) is 22.7. The highest BCUT2D eigenvalue weighted by Crippen LogP contribution is 2.32. The van der Waals surface area contributed by atoms with Crippen molar-refractivity contribution in [3.63, 3.8) is 0 Å². The first-order chi connectivity index (χ1) is 10.4. The number of aryl methyl sites for hydroxylation is 1. The van der Waals surface area contributed by atoms with Gasteiger partial charge >= 0.3 is 0 Å². The maximum atomic E-state index is 12.8. The van der Waals surface area contributed by atoms with E-state index in [1.165, 1.54) is 16.1 Å². The van der Waals surface area contributed by atoms with Gasteiger partial charge in [0.2, 0.25) is 15.9 Å². The minimum Gasteiger partial charge on any atom is -0.341 e. The van der Waals surface area contributed by atoms with Crippen molar-refractivity contribution < 1.29 is 13.2 Å². The molecule has 1 saturated carbocycles. The largest absolute Gasteiger partial charge is 0.341 e. The number of likely N-dealkylation sites (N-methyl/N-ethyl adjacent to an activating group) is 1. The van der Waals surface area contributed by atoms with Crippen LogP contribution in [0, 0.1) is 6.92 Å². The molecule has 3 rings (SSSR count). The Labute approximate surface area is 135 Å². The molecule has 7 heteroatoms. The van der Waals surface area contributed by atoms with Gasteiger partial charge in [-0.25, -0.2) is 8.42 Å². The molecule has 0 aromatic heterocycles. The van der Waals surface area contributed by atoms with Crippen molar-refractivity contribution in [2.75, 3.05) is 18.7 Å². The van der Waals surface area contributed by atoms with E-state index in [1.54, 1.807) is 36.2 Å². The molecule has 1 aliphatic carbocycles. The SMILES string of the molecule is Cc1ccc(S(=O)(=O)N2CSC[C@@H]2C(=O)N(C)C2CC2)cc1. The second-order valence-electron chi connectivity index (χ2n) is 5.90. The van der Waals surface area contributed by atoms with E-state index >= 15 is 0 Å². The maximum absolute atomic E-state index is 12.8. The lowest BCUT2D eigenvalue weighted by molar-refractivity contribution is -0.133. The minimum absolute atomic E-state index is 0.0804. The third-order valence-electron chi connectivity index (χ3n) is 4.20. The molecule has 22 heavy (non-hydrogen) atoms. The van der Waals surface area contributed by atoms with Crippen LogP contribution in [0.4, 0.5) is 0 Å². The van der Waals surface area contributed by atoms with Crippen molar-refractivity contribution in [2.24, 2.45) is 0 Å². The van der Waals surface area contributed by atoms with E-state index in [0.717, 1.165) is 18.4 Å². The van der Waals surface area contributed by atoms with Gasteiger partial charge in [0.15, 0.2) is 0 Å². The summed E-state index contributed by atoms with van der Waals surface area (Å²) in [6.45, 7) is 1.92. The van der Waals surface area contributed by atoms with E-state index in [1.807, 2.05) is 6.92 Å². The Hall–Kier alpha value is -1.05. The van der Waals surface area contributed by atoms with Gasteiger partial charge in [0.25, 0.3) is 0 Å². The Morgan fingerprint density at radius 2 is 1.91 bits per heavy atom. The zero-order valence-corrected chi connectivity index (χ0v) is 14.4. The van der Waals surface area contributed by atoms with Crippen LogP contribution < -0.4 is 0 Å². The van der Waals surface area contributed by atoms with Crippen LogP contribution in [-0.4, -0.2) is 54.3 Å². The van der Waals surface area contributed by atoms with Gasteiger partial charge in [-0.05, 0) is 31.9 Å². The number of carbonyl (C=O) groups excluding carboxylic acids is 1. The van der Waals surface area contributed by atoms with Crippen LogP contribution in [0.2, 0.25) is 0 Å². The smallest absolute Gasteiger partial charge is 0.244 e. The van der Waals surface area contributed by atoms with Gasteiger partial charge in [-0.1, -0.05) is 17.7 Å². The molecule has 1 saturated heterocycles. The minimum atomic E-state index is -3.62. The first-order valence-corrected chi connectivity index (χ1v) is 9.93. The van der Waals surface area contributed by atoms with Crippen molar-refractivity contribution in [1.82, 2.24) is 9.21 Å². The Morgan fingerprint density at radius 3 is 2.50 bits per heavy atom. The van der Waals surface area contributed by atoms with Crippen molar-refractivity contribution in [2.45, 2.75) is 36.7 Å². The molecule has 1 heterocycles. The second kappa shape index (κ2) is 5.86. The number of nitrogens with zero attached hydrogens (tertiary/aromatic N) is 2. The molecule has 1 amide bonds. The Morgan fingerprint density at radius 1 is 1.27 bits per heavy atom. The summed E-state index contributed by atoms with van der Waals surface area (Å²) in [6.07, 6.45) is 2.04. The highest BCUT2D eigenvalue weighted by atomic mass is 32.2. The number of sulfonamides is 1. The number of thioether (sulfide) groups is 1. The van der Waals surface area contributed by atoms with Crippen molar-refractivity contribution >= 4 is 27.7 Å². The molecular formula is C15H20N2O3S2. The number of hydrogen-bond donors (Lipinski definition) is 0. The van der Waals surface area contributed by atoms with Gasteiger partial charge in [-0.15, -0.1) is 11.8 Å². The molecule has 0 bridgehead atoms. The third kappa shape index (κ3) is 2.89. The highest BCUT2D eigenvalue weighted by Gasteiger charge is 2.43. The fraction of sp³-hybridized carbons (Fsp3) is 0.533. The Kier molecular flexibility index (Phi) is 4.22. The summed E-state index contributed by atoms with van der Waals surface area (Å²) in [5.74, 6) is 0.787. The zero-order valence-electron chi connectivity index (χ0n) is 12.7. The Balaban J connectivity index is 1.85. The van der Waals surface area contributed by atoms with Gasteiger partial charge in [-0.2, -0.15) is 4.31 Å². The van der Waals surface area contributed by atoms with E-state index in [4.69, 9.17) is 0 Å². The summed E-state index contributed by atoms with van der Waals surface area (Å²) >= 11 is 1.49. The number of rotatable bonds is 4. The summed E-state index contributed by atoms with van der Waals surface area (Å²) in [6, 6.07) is 6.50. The maximum Gasteiger partial charge on any atom is 0.244 e. The van der Waals surface area contributed by atoms with Gasteiger partial charge in [0, 0.05) is 18.8 Å². The molecule has 0 unspecified atom stereocenters. The third-order valence-corrected chi connectivity index (χ3v) is 7.24. The summed E-state index contributed by atoms with van der Waals surface area (Å²) in [7, 11) is -1.85. The van der Waals surface area contributed by atoms with Crippen molar-refractivity contribution in [3.05, 3.63) is 29.8 Å². The van der Waals surface area contributed by atoms with Gasteiger partial charge in [-0.3, -0.25) is 4.79 Å². The highest BCUT2D eigenvalue weighted by molar-refractivity contribution is 8.00. The quantitative estimate of drug-likeness (QED) is 0.837. The molecule has 1 aromatic carbocycles. The van der Waals surface area contributed by atoms with E-state index in [0.29, 0.717) is 17.7 Å². The van der Waals surface area contributed by atoms with E-state index in [9.17, 15) is 13.2 Å². The average Bonchev–Trinajstić information content (AvgIpc) is 3.22. The van der Waals surface area contributed by atoms with Crippen molar-refractivity contribution in [1.29, 1.82) is 0 Å². The predicted octanol–water partition coefficient (Wildman–Crippen LogP) is 1.68. The molecule has 1 atom stereocenters. The van der Waals surface area contributed by atoms with E-state index in [-0.39, 0.29) is 10.8 Å². The van der Waals surface area contributed by atoms with Gasteiger partial charge < -0.3 is 4.90 Å². The fourth-order valence-electron chi connectivity index (χ4n) is 2.58. The number of carbonyl (C=O) groups is 1. The molecule has 1 aromatic rings. The van der Waals surface area contributed by atoms with E-state index in [2.05, 4.69) is 0 Å². The second-order valence-corrected chi connectivity index (χ2v) is 8.79. The molecule has 2 aliphatic rings. The summed E-state index contributed by atoms with van der Waals surface area (Å²) in [5.41, 5.74) is 1.01. The predicted molar refractivity (Wildman–Crippen MR) is 87.1 cm³/mol. The van der Waals surface area contributed by atoms with Crippen LogP contribution >= 0.6 is 11.8 Å². The average molecular weight is 340 g/mol. The monoisotopic (exact) mass is 340 g/mol. The lowest BCUT2D eigenvalue weighted by Gasteiger charge is -2.26.